The monoisotopic (exact) mass is 515 g/mol. The van der Waals surface area contributed by atoms with Crippen molar-refractivity contribution in [3.05, 3.63) is 69.1 Å². The van der Waals surface area contributed by atoms with Crippen LogP contribution in [0.1, 0.15) is 35.1 Å². The molecule has 9 heteroatoms. The Hall–Kier alpha value is -2.75. The third-order valence-corrected chi connectivity index (χ3v) is 6.30. The van der Waals surface area contributed by atoms with Gasteiger partial charge < -0.3 is 14.2 Å². The summed E-state index contributed by atoms with van der Waals surface area (Å²) in [6.45, 7) is 1.16. The standard InChI is InChI=1S/C23H22BrN3O4S/c1-29-19-13-16(12-17(24)21(19)31-14-15-6-3-2-4-7-15)9-10-20(28)25-23-27-26-22(32-23)18-8-5-11-30-18/h2-4,6-7,9-10,12-13,18H,5,8,11,14H2,1H3,(H,25,27,28)/b10-9+. The smallest absolute Gasteiger partial charge is 0.250 e. The molecule has 0 spiro atoms. The lowest BCUT2D eigenvalue weighted by Gasteiger charge is -2.13. The first-order valence-corrected chi connectivity index (χ1v) is 11.7. The van der Waals surface area contributed by atoms with E-state index in [4.69, 9.17) is 14.2 Å². The number of hydrogen-bond acceptors (Lipinski definition) is 7. The molecule has 1 atom stereocenters. The van der Waals surface area contributed by atoms with Gasteiger partial charge in [-0.15, -0.1) is 10.2 Å². The van der Waals surface area contributed by atoms with E-state index in [1.54, 1.807) is 13.2 Å². The molecule has 3 aromatic rings. The second-order valence-corrected chi connectivity index (χ2v) is 8.94. The molecule has 1 aliphatic heterocycles. The lowest BCUT2D eigenvalue weighted by Crippen LogP contribution is -2.07. The normalized spacial score (nSPS) is 15.8. The lowest BCUT2D eigenvalue weighted by atomic mass is 10.2. The van der Waals surface area contributed by atoms with E-state index in [9.17, 15) is 4.79 Å². The van der Waals surface area contributed by atoms with E-state index >= 15 is 0 Å². The highest BCUT2D eigenvalue weighted by atomic mass is 79.9. The van der Waals surface area contributed by atoms with Crippen molar-refractivity contribution >= 4 is 44.4 Å². The Kier molecular flexibility index (Phi) is 7.51. The van der Waals surface area contributed by atoms with Crippen LogP contribution in [0.3, 0.4) is 0 Å². The molecule has 166 valence electrons. The average molecular weight is 516 g/mol. The van der Waals surface area contributed by atoms with E-state index < -0.39 is 0 Å². The Bertz CT molecular complexity index is 1100. The maximum Gasteiger partial charge on any atom is 0.250 e. The van der Waals surface area contributed by atoms with Gasteiger partial charge in [0.05, 0.1) is 11.6 Å². The number of nitrogens with zero attached hydrogens (tertiary/aromatic N) is 2. The first-order valence-electron chi connectivity index (χ1n) is 10.1. The molecule has 0 radical (unpaired) electrons. The second-order valence-electron chi connectivity index (χ2n) is 7.08. The molecule has 1 unspecified atom stereocenters. The molecule has 2 heterocycles. The molecular formula is C23H22BrN3O4S. The van der Waals surface area contributed by atoms with E-state index in [1.165, 1.54) is 17.4 Å². The molecule has 1 amide bonds. The van der Waals surface area contributed by atoms with Crippen molar-refractivity contribution in [1.82, 2.24) is 10.2 Å². The summed E-state index contributed by atoms with van der Waals surface area (Å²) < 4.78 is 17.8. The Balaban J connectivity index is 1.39. The van der Waals surface area contributed by atoms with Gasteiger partial charge in [0.15, 0.2) is 11.5 Å². The van der Waals surface area contributed by atoms with Crippen LogP contribution in [0.15, 0.2) is 53.0 Å². The fourth-order valence-corrected chi connectivity index (χ4v) is 4.62. The minimum atomic E-state index is -0.292. The minimum Gasteiger partial charge on any atom is -0.493 e. The molecular weight excluding hydrogens is 494 g/mol. The summed E-state index contributed by atoms with van der Waals surface area (Å²) in [6, 6.07) is 13.6. The van der Waals surface area contributed by atoms with Gasteiger partial charge in [-0.05, 0) is 58.1 Å². The maximum absolute atomic E-state index is 12.3. The van der Waals surface area contributed by atoms with E-state index in [-0.39, 0.29) is 12.0 Å². The van der Waals surface area contributed by atoms with Crippen LogP contribution < -0.4 is 14.8 Å². The Morgan fingerprint density at radius 1 is 1.31 bits per heavy atom. The van der Waals surface area contributed by atoms with Crippen molar-refractivity contribution in [1.29, 1.82) is 0 Å². The van der Waals surface area contributed by atoms with Crippen LogP contribution in [0, 0.1) is 0 Å². The number of benzene rings is 2. The number of hydrogen-bond donors (Lipinski definition) is 1. The van der Waals surface area contributed by atoms with Crippen molar-refractivity contribution < 1.29 is 19.0 Å². The number of ether oxygens (including phenoxy) is 3. The SMILES string of the molecule is COc1cc(/C=C/C(=O)Nc2nnc(C3CCCO3)s2)cc(Br)c1OCc1ccccc1. The Labute approximate surface area is 198 Å². The maximum atomic E-state index is 12.3. The number of aromatic nitrogens is 2. The van der Waals surface area contributed by atoms with E-state index in [1.807, 2.05) is 42.5 Å². The predicted octanol–water partition coefficient (Wildman–Crippen LogP) is 5.39. The van der Waals surface area contributed by atoms with E-state index in [2.05, 4.69) is 31.4 Å². The number of rotatable bonds is 8. The number of halogens is 1. The van der Waals surface area contributed by atoms with Gasteiger partial charge in [0.25, 0.3) is 0 Å². The highest BCUT2D eigenvalue weighted by molar-refractivity contribution is 9.10. The topological polar surface area (TPSA) is 82.6 Å². The van der Waals surface area contributed by atoms with Gasteiger partial charge in [-0.1, -0.05) is 41.7 Å². The van der Waals surface area contributed by atoms with Gasteiger partial charge in [0, 0.05) is 12.7 Å². The predicted molar refractivity (Wildman–Crippen MR) is 127 cm³/mol. The molecule has 1 aromatic heterocycles. The highest BCUT2D eigenvalue weighted by Gasteiger charge is 2.22. The summed E-state index contributed by atoms with van der Waals surface area (Å²) >= 11 is 4.88. The van der Waals surface area contributed by atoms with Crippen molar-refractivity contribution in [2.45, 2.75) is 25.6 Å². The Morgan fingerprint density at radius 2 is 2.16 bits per heavy atom. The van der Waals surface area contributed by atoms with Crippen LogP contribution in [0.25, 0.3) is 6.08 Å². The number of carbonyl (C=O) groups excluding carboxylic acids is 1. The van der Waals surface area contributed by atoms with Gasteiger partial charge in [0.2, 0.25) is 11.0 Å². The fraction of sp³-hybridized carbons (Fsp3) is 0.261. The third-order valence-electron chi connectivity index (χ3n) is 4.78. The van der Waals surface area contributed by atoms with Crippen LogP contribution in [-0.2, 0) is 16.1 Å². The Morgan fingerprint density at radius 3 is 2.91 bits per heavy atom. The number of carbonyl (C=O) groups is 1. The fourth-order valence-electron chi connectivity index (χ4n) is 3.21. The van der Waals surface area contributed by atoms with Crippen LogP contribution in [0.5, 0.6) is 11.5 Å². The van der Waals surface area contributed by atoms with Crippen LogP contribution in [0.2, 0.25) is 0 Å². The zero-order valence-electron chi connectivity index (χ0n) is 17.4. The molecule has 7 nitrogen and oxygen atoms in total. The number of amides is 1. The molecule has 1 aliphatic rings. The van der Waals surface area contributed by atoms with Crippen molar-refractivity contribution in [3.63, 3.8) is 0 Å². The number of nitrogens with one attached hydrogen (secondary N) is 1. The van der Waals surface area contributed by atoms with Gasteiger partial charge >= 0.3 is 0 Å². The summed E-state index contributed by atoms with van der Waals surface area (Å²) in [4.78, 5) is 12.3. The molecule has 32 heavy (non-hydrogen) atoms. The molecule has 1 fully saturated rings. The highest BCUT2D eigenvalue weighted by Crippen LogP contribution is 2.37. The molecule has 2 aromatic carbocycles. The van der Waals surface area contributed by atoms with Crippen LogP contribution >= 0.6 is 27.3 Å². The molecule has 0 aliphatic carbocycles. The largest absolute Gasteiger partial charge is 0.493 e. The van der Waals surface area contributed by atoms with E-state index in [0.29, 0.717) is 23.2 Å². The van der Waals surface area contributed by atoms with Gasteiger partial charge in [-0.3, -0.25) is 10.1 Å². The second kappa shape index (κ2) is 10.7. The van der Waals surface area contributed by atoms with Crippen LogP contribution in [-0.4, -0.2) is 29.8 Å². The average Bonchev–Trinajstić information content (AvgIpc) is 3.49. The number of anilines is 1. The van der Waals surface area contributed by atoms with Crippen molar-refractivity contribution in [2.75, 3.05) is 19.0 Å². The van der Waals surface area contributed by atoms with Gasteiger partial charge in [-0.25, -0.2) is 0 Å². The molecule has 0 bridgehead atoms. The molecule has 4 rings (SSSR count). The summed E-state index contributed by atoms with van der Waals surface area (Å²) in [5.41, 5.74) is 1.84. The van der Waals surface area contributed by atoms with Crippen LogP contribution in [0.4, 0.5) is 5.13 Å². The van der Waals surface area contributed by atoms with E-state index in [0.717, 1.165) is 40.1 Å². The van der Waals surface area contributed by atoms with Crippen molar-refractivity contribution in [2.24, 2.45) is 0 Å². The lowest BCUT2D eigenvalue weighted by molar-refractivity contribution is -0.111. The summed E-state index contributed by atoms with van der Waals surface area (Å²) in [6.07, 6.45) is 5.08. The van der Waals surface area contributed by atoms with Crippen molar-refractivity contribution in [3.8, 4) is 11.5 Å². The number of methoxy groups -OCH3 is 1. The summed E-state index contributed by atoms with van der Waals surface area (Å²) in [5.74, 6) is 0.883. The zero-order chi connectivity index (χ0) is 22.3. The third kappa shape index (κ3) is 5.73. The first-order chi connectivity index (χ1) is 15.6. The molecule has 1 saturated heterocycles. The minimum absolute atomic E-state index is 0.0128. The molecule has 1 N–H and O–H groups in total. The zero-order valence-corrected chi connectivity index (χ0v) is 19.8. The van der Waals surface area contributed by atoms with Gasteiger partial charge in [0.1, 0.15) is 17.7 Å². The quantitative estimate of drug-likeness (QED) is 0.405. The summed E-state index contributed by atoms with van der Waals surface area (Å²) in [5, 5.41) is 12.1. The summed E-state index contributed by atoms with van der Waals surface area (Å²) in [7, 11) is 1.58. The first kappa shape index (κ1) is 22.4. The van der Waals surface area contributed by atoms with Gasteiger partial charge in [-0.2, -0.15) is 0 Å². The molecule has 0 saturated carbocycles.